The molecule has 31 heavy (non-hydrogen) atoms. The molecule has 0 unspecified atom stereocenters. The van der Waals surface area contributed by atoms with E-state index < -0.39 is 21.7 Å². The van der Waals surface area contributed by atoms with Gasteiger partial charge in [-0.25, -0.2) is 22.2 Å². The molecule has 4 aromatic rings. The Hall–Kier alpha value is -3.33. The molecule has 0 radical (unpaired) electrons. The minimum absolute atomic E-state index is 0.0670. The van der Waals surface area contributed by atoms with Gasteiger partial charge in [-0.15, -0.1) is 0 Å². The lowest BCUT2D eigenvalue weighted by Gasteiger charge is -2.12. The number of sulfonamides is 1. The van der Waals surface area contributed by atoms with Gasteiger partial charge in [0.05, 0.1) is 11.4 Å². The molecule has 0 saturated heterocycles. The molecule has 0 saturated carbocycles. The molecule has 0 aliphatic carbocycles. The fraction of sp³-hybridized carbons (Fsp3) is 0.182. The Kier molecular flexibility index (Phi) is 5.69. The third kappa shape index (κ3) is 4.41. The number of nitrogens with zero attached hydrogens (tertiary/aromatic N) is 2. The zero-order chi connectivity index (χ0) is 22.0. The monoisotopic (exact) mass is 442 g/mol. The maximum absolute atomic E-state index is 15.0. The lowest BCUT2D eigenvalue weighted by Crippen LogP contribution is -2.17. The molecule has 0 atom stereocenters. The van der Waals surface area contributed by atoms with Crippen LogP contribution < -0.4 is 4.72 Å². The number of anilines is 1. The normalized spacial score (nSPS) is 11.7. The van der Waals surface area contributed by atoms with Crippen LogP contribution in [-0.4, -0.2) is 29.1 Å². The summed E-state index contributed by atoms with van der Waals surface area (Å²) in [5.74, 6) is -1.82. The average molecular weight is 442 g/mol. The molecule has 0 spiro atoms. The first-order chi connectivity index (χ1) is 14.9. The highest BCUT2D eigenvalue weighted by Gasteiger charge is 2.19. The lowest BCUT2D eigenvalue weighted by molar-refractivity contribution is 0.563. The van der Waals surface area contributed by atoms with E-state index in [2.05, 4.69) is 19.7 Å². The van der Waals surface area contributed by atoms with Crippen molar-refractivity contribution in [2.75, 3.05) is 10.5 Å². The third-order valence-corrected chi connectivity index (χ3v) is 6.40. The minimum Gasteiger partial charge on any atom is -0.346 e. The summed E-state index contributed by atoms with van der Waals surface area (Å²) < 4.78 is 55.8. The van der Waals surface area contributed by atoms with Crippen molar-refractivity contribution in [1.82, 2.24) is 15.0 Å². The van der Waals surface area contributed by atoms with Crippen molar-refractivity contribution in [2.45, 2.75) is 19.8 Å². The Morgan fingerprint density at radius 1 is 1.10 bits per heavy atom. The molecular weight excluding hydrogens is 422 g/mol. The Morgan fingerprint density at radius 2 is 1.87 bits per heavy atom. The van der Waals surface area contributed by atoms with Crippen LogP contribution in [0.2, 0.25) is 0 Å². The average Bonchev–Trinajstić information content (AvgIpc) is 3.16. The summed E-state index contributed by atoms with van der Waals surface area (Å²) in [6, 6.07) is 7.76. The summed E-state index contributed by atoms with van der Waals surface area (Å²) in [5.41, 5.74) is 2.52. The van der Waals surface area contributed by atoms with Crippen LogP contribution in [-0.2, 0) is 16.4 Å². The summed E-state index contributed by atoms with van der Waals surface area (Å²) in [5, 5.41) is 0.727. The fourth-order valence-electron chi connectivity index (χ4n) is 3.42. The topological polar surface area (TPSA) is 87.7 Å². The second-order valence-electron chi connectivity index (χ2n) is 7.16. The molecule has 3 heterocycles. The van der Waals surface area contributed by atoms with E-state index >= 15 is 4.39 Å². The first-order valence-electron chi connectivity index (χ1n) is 9.71. The summed E-state index contributed by atoms with van der Waals surface area (Å²) in [4.78, 5) is 11.4. The third-order valence-electron chi connectivity index (χ3n) is 4.92. The predicted molar refractivity (Wildman–Crippen MR) is 116 cm³/mol. The zero-order valence-corrected chi connectivity index (χ0v) is 17.5. The van der Waals surface area contributed by atoms with Crippen molar-refractivity contribution in [2.24, 2.45) is 0 Å². The molecule has 0 fully saturated rings. The smallest absolute Gasteiger partial charge is 0.232 e. The second kappa shape index (κ2) is 8.43. The van der Waals surface area contributed by atoms with Crippen LogP contribution >= 0.6 is 0 Å². The van der Waals surface area contributed by atoms with E-state index in [-0.39, 0.29) is 23.4 Å². The van der Waals surface area contributed by atoms with E-state index in [0.717, 1.165) is 28.6 Å². The van der Waals surface area contributed by atoms with Gasteiger partial charge in [-0.1, -0.05) is 6.92 Å². The van der Waals surface area contributed by atoms with Crippen LogP contribution in [0.4, 0.5) is 14.5 Å². The number of H-pyrrole nitrogens is 1. The van der Waals surface area contributed by atoms with E-state index in [9.17, 15) is 12.8 Å². The molecule has 160 valence electrons. The van der Waals surface area contributed by atoms with Crippen molar-refractivity contribution in [1.29, 1.82) is 0 Å². The van der Waals surface area contributed by atoms with Crippen LogP contribution in [0.3, 0.4) is 0 Å². The second-order valence-corrected chi connectivity index (χ2v) is 9.00. The number of benzene rings is 1. The van der Waals surface area contributed by atoms with E-state index in [1.54, 1.807) is 31.7 Å². The van der Waals surface area contributed by atoms with Crippen molar-refractivity contribution < 1.29 is 17.2 Å². The number of hydrogen-bond donors (Lipinski definition) is 2. The van der Waals surface area contributed by atoms with Crippen molar-refractivity contribution in [3.05, 3.63) is 77.9 Å². The number of pyridine rings is 2. The molecule has 2 N–H and O–H groups in total. The summed E-state index contributed by atoms with van der Waals surface area (Å²) in [7, 11) is -3.70. The Morgan fingerprint density at radius 3 is 2.61 bits per heavy atom. The molecule has 3 aromatic heterocycles. The number of nitrogens with one attached hydrogen (secondary N) is 2. The van der Waals surface area contributed by atoms with Crippen molar-refractivity contribution >= 4 is 26.7 Å². The highest BCUT2D eigenvalue weighted by atomic mass is 32.2. The first kappa shape index (κ1) is 20.9. The molecule has 0 amide bonds. The van der Waals surface area contributed by atoms with Gasteiger partial charge in [-0.2, -0.15) is 0 Å². The van der Waals surface area contributed by atoms with E-state index in [1.807, 2.05) is 18.2 Å². The SMILES string of the molecule is CCCS(=O)(=O)Nc1ccc(F)c(Cc2c[nH]c3ncc(-c4ccncc4)cc23)c1F. The molecular formula is C22H20F2N4O2S. The molecule has 0 aliphatic rings. The highest BCUT2D eigenvalue weighted by molar-refractivity contribution is 7.92. The first-order valence-corrected chi connectivity index (χ1v) is 11.4. The van der Waals surface area contributed by atoms with Crippen LogP contribution in [0.1, 0.15) is 24.5 Å². The van der Waals surface area contributed by atoms with Gasteiger partial charge in [0.2, 0.25) is 10.0 Å². The maximum atomic E-state index is 15.0. The van der Waals surface area contributed by atoms with Gasteiger partial charge in [0.1, 0.15) is 11.5 Å². The lowest BCUT2D eigenvalue weighted by atomic mass is 10.0. The molecule has 4 rings (SSSR count). The standard InChI is InChI=1S/C22H20F2N4O2S/c1-2-9-31(29,30)28-20-4-3-19(23)18(21(20)24)11-16-13-27-22-17(16)10-15(12-26-22)14-5-7-25-8-6-14/h3-8,10,12-13,28H,2,9,11H2,1H3,(H,26,27). The Balaban J connectivity index is 1.71. The highest BCUT2D eigenvalue weighted by Crippen LogP contribution is 2.29. The number of aromatic nitrogens is 3. The number of hydrogen-bond acceptors (Lipinski definition) is 4. The van der Waals surface area contributed by atoms with Gasteiger partial charge in [-0.05, 0) is 47.9 Å². The minimum atomic E-state index is -3.70. The molecule has 0 bridgehead atoms. The molecule has 6 nitrogen and oxygen atoms in total. The molecule has 9 heteroatoms. The van der Waals surface area contributed by atoms with Crippen LogP contribution in [0.15, 0.2) is 55.1 Å². The van der Waals surface area contributed by atoms with Gasteiger partial charge in [0.15, 0.2) is 5.82 Å². The predicted octanol–water partition coefficient (Wildman–Crippen LogP) is 4.65. The largest absolute Gasteiger partial charge is 0.346 e. The van der Waals surface area contributed by atoms with Crippen molar-refractivity contribution in [3.8, 4) is 11.1 Å². The molecule has 0 aliphatic heterocycles. The molecule has 1 aromatic carbocycles. The van der Waals surface area contributed by atoms with E-state index in [0.29, 0.717) is 17.6 Å². The van der Waals surface area contributed by atoms with Gasteiger partial charge >= 0.3 is 0 Å². The van der Waals surface area contributed by atoms with Crippen LogP contribution in [0, 0.1) is 11.6 Å². The zero-order valence-electron chi connectivity index (χ0n) is 16.7. The van der Waals surface area contributed by atoms with E-state index in [4.69, 9.17) is 0 Å². The number of fused-ring (bicyclic) bond motifs is 1. The maximum Gasteiger partial charge on any atom is 0.232 e. The summed E-state index contributed by atoms with van der Waals surface area (Å²) in [6.07, 6.45) is 7.03. The van der Waals surface area contributed by atoms with Gasteiger partial charge < -0.3 is 4.98 Å². The number of rotatable bonds is 7. The van der Waals surface area contributed by atoms with Crippen LogP contribution in [0.5, 0.6) is 0 Å². The Bertz CT molecular complexity index is 1340. The Labute approximate surface area is 178 Å². The fourth-order valence-corrected chi connectivity index (χ4v) is 4.55. The van der Waals surface area contributed by atoms with Gasteiger partial charge in [-0.3, -0.25) is 9.71 Å². The quantitative estimate of drug-likeness (QED) is 0.436. The number of halogens is 2. The van der Waals surface area contributed by atoms with Crippen LogP contribution in [0.25, 0.3) is 22.2 Å². The summed E-state index contributed by atoms with van der Waals surface area (Å²) >= 11 is 0. The number of aromatic amines is 1. The summed E-state index contributed by atoms with van der Waals surface area (Å²) in [6.45, 7) is 1.71. The van der Waals surface area contributed by atoms with Gasteiger partial charge in [0.25, 0.3) is 0 Å². The van der Waals surface area contributed by atoms with Gasteiger partial charge in [0, 0.05) is 47.7 Å². The van der Waals surface area contributed by atoms with E-state index in [1.165, 1.54) is 0 Å². The van der Waals surface area contributed by atoms with Crippen molar-refractivity contribution in [3.63, 3.8) is 0 Å².